The molecule has 0 amide bonds. The molecular formula is C12H11F2N3O2S. The third-order valence-electron chi connectivity index (χ3n) is 2.48. The summed E-state index contributed by atoms with van der Waals surface area (Å²) in [5.74, 6) is -1.90. The highest BCUT2D eigenvalue weighted by Gasteiger charge is 2.20. The second-order valence-corrected chi connectivity index (χ2v) is 5.59. The van der Waals surface area contributed by atoms with Crippen molar-refractivity contribution in [1.82, 2.24) is 4.98 Å². The van der Waals surface area contributed by atoms with Crippen LogP contribution in [0.25, 0.3) is 0 Å². The molecule has 0 aliphatic rings. The van der Waals surface area contributed by atoms with Gasteiger partial charge in [-0.1, -0.05) is 6.07 Å². The zero-order chi connectivity index (χ0) is 14.8. The van der Waals surface area contributed by atoms with E-state index in [1.165, 1.54) is 12.3 Å². The van der Waals surface area contributed by atoms with Crippen molar-refractivity contribution in [1.29, 1.82) is 0 Å². The zero-order valence-corrected chi connectivity index (χ0v) is 11.0. The van der Waals surface area contributed by atoms with Crippen molar-refractivity contribution in [2.75, 3.05) is 4.72 Å². The Balaban J connectivity index is 2.32. The monoisotopic (exact) mass is 299 g/mol. The van der Waals surface area contributed by atoms with Gasteiger partial charge in [0.1, 0.15) is 22.3 Å². The van der Waals surface area contributed by atoms with E-state index in [-0.39, 0.29) is 12.4 Å². The quantitative estimate of drug-likeness (QED) is 0.898. The molecule has 0 radical (unpaired) electrons. The molecule has 0 saturated carbocycles. The Hall–Kier alpha value is -2.06. The molecule has 1 heterocycles. The fourth-order valence-electron chi connectivity index (χ4n) is 1.48. The molecule has 0 unspecified atom stereocenters. The molecule has 106 valence electrons. The fraction of sp³-hybridized carbons (Fsp3) is 0.0833. The Morgan fingerprint density at radius 3 is 2.55 bits per heavy atom. The van der Waals surface area contributed by atoms with Crippen molar-refractivity contribution in [2.45, 2.75) is 11.4 Å². The molecule has 2 aromatic rings. The topological polar surface area (TPSA) is 85.1 Å². The van der Waals surface area contributed by atoms with Gasteiger partial charge < -0.3 is 5.73 Å². The average Bonchev–Trinajstić information content (AvgIpc) is 2.42. The maximum atomic E-state index is 13.5. The van der Waals surface area contributed by atoms with Gasteiger partial charge in [0, 0.05) is 12.7 Å². The molecule has 0 aliphatic carbocycles. The van der Waals surface area contributed by atoms with Crippen molar-refractivity contribution in [2.24, 2.45) is 5.73 Å². The van der Waals surface area contributed by atoms with Gasteiger partial charge >= 0.3 is 0 Å². The summed E-state index contributed by atoms with van der Waals surface area (Å²) in [6, 6.07) is 5.15. The lowest BCUT2D eigenvalue weighted by molar-refractivity contribution is 0.555. The van der Waals surface area contributed by atoms with Crippen molar-refractivity contribution >= 4 is 15.8 Å². The number of hydrogen-bond donors (Lipinski definition) is 2. The number of nitrogens with zero attached hydrogens (tertiary/aromatic N) is 1. The molecule has 3 N–H and O–H groups in total. The van der Waals surface area contributed by atoms with Gasteiger partial charge in [-0.15, -0.1) is 0 Å². The second kappa shape index (κ2) is 5.51. The molecule has 0 atom stereocenters. The summed E-state index contributed by atoms with van der Waals surface area (Å²) in [6.07, 6.45) is 1.39. The number of sulfonamides is 1. The van der Waals surface area contributed by atoms with Gasteiger partial charge in [-0.2, -0.15) is 0 Å². The van der Waals surface area contributed by atoms with Gasteiger partial charge in [0.15, 0.2) is 0 Å². The van der Waals surface area contributed by atoms with E-state index in [2.05, 4.69) is 9.71 Å². The van der Waals surface area contributed by atoms with Crippen molar-refractivity contribution in [3.8, 4) is 0 Å². The molecule has 5 nitrogen and oxygen atoms in total. The first kappa shape index (κ1) is 14.4. The first-order valence-electron chi connectivity index (χ1n) is 5.55. The normalized spacial score (nSPS) is 11.3. The summed E-state index contributed by atoms with van der Waals surface area (Å²) in [4.78, 5) is 3.05. The summed E-state index contributed by atoms with van der Waals surface area (Å²) in [6.45, 7) is 0.262. The maximum Gasteiger partial charge on any atom is 0.266 e. The van der Waals surface area contributed by atoms with Crippen LogP contribution < -0.4 is 10.5 Å². The van der Waals surface area contributed by atoms with Crippen LogP contribution in [-0.2, 0) is 16.6 Å². The summed E-state index contributed by atoms with van der Waals surface area (Å²) < 4.78 is 52.5. The number of hydrogen-bond acceptors (Lipinski definition) is 4. The van der Waals surface area contributed by atoms with Crippen LogP contribution in [0.5, 0.6) is 0 Å². The first-order chi connectivity index (χ1) is 9.42. The van der Waals surface area contributed by atoms with Crippen molar-refractivity contribution in [3.05, 3.63) is 53.7 Å². The molecule has 8 heteroatoms. The highest BCUT2D eigenvalue weighted by molar-refractivity contribution is 7.92. The maximum absolute atomic E-state index is 13.5. The van der Waals surface area contributed by atoms with E-state index in [1.807, 2.05) is 0 Å². The smallest absolute Gasteiger partial charge is 0.266 e. The van der Waals surface area contributed by atoms with E-state index < -0.39 is 26.6 Å². The number of nitrogens with two attached hydrogens (primary N) is 1. The Bertz CT molecular complexity index is 718. The highest BCUT2D eigenvalue weighted by atomic mass is 32.2. The number of nitrogens with one attached hydrogen (secondary N) is 1. The summed E-state index contributed by atoms with van der Waals surface area (Å²) in [5.41, 5.74) is 6.10. The van der Waals surface area contributed by atoms with Crippen LogP contribution in [0.2, 0.25) is 0 Å². The van der Waals surface area contributed by atoms with Crippen LogP contribution in [0.1, 0.15) is 5.56 Å². The molecule has 1 aromatic heterocycles. The highest BCUT2D eigenvalue weighted by Crippen LogP contribution is 2.18. The minimum absolute atomic E-state index is 0.00846. The number of benzene rings is 1. The Morgan fingerprint density at radius 1 is 1.20 bits per heavy atom. The van der Waals surface area contributed by atoms with E-state index in [0.717, 1.165) is 12.1 Å². The largest absolute Gasteiger partial charge is 0.326 e. The predicted octanol–water partition coefficient (Wildman–Crippen LogP) is 1.62. The van der Waals surface area contributed by atoms with Crippen LogP contribution >= 0.6 is 0 Å². The third-order valence-corrected chi connectivity index (χ3v) is 3.85. The van der Waals surface area contributed by atoms with Crippen molar-refractivity contribution < 1.29 is 17.2 Å². The van der Waals surface area contributed by atoms with Gasteiger partial charge in [0.05, 0.1) is 0 Å². The lowest BCUT2D eigenvalue weighted by Gasteiger charge is -2.08. The van der Waals surface area contributed by atoms with Crippen LogP contribution in [0.3, 0.4) is 0 Å². The zero-order valence-electron chi connectivity index (χ0n) is 10.2. The lowest BCUT2D eigenvalue weighted by Crippen LogP contribution is -2.16. The SMILES string of the molecule is NCc1ccc(NS(=O)(=O)c2cc(F)ccc2F)nc1. The van der Waals surface area contributed by atoms with Gasteiger partial charge in [-0.3, -0.25) is 4.72 Å². The number of rotatable bonds is 4. The summed E-state index contributed by atoms with van der Waals surface area (Å²) in [7, 11) is -4.24. The lowest BCUT2D eigenvalue weighted by atomic mass is 10.3. The van der Waals surface area contributed by atoms with Gasteiger partial charge in [0.25, 0.3) is 10.0 Å². The minimum Gasteiger partial charge on any atom is -0.326 e. The molecule has 20 heavy (non-hydrogen) atoms. The van der Waals surface area contributed by atoms with Gasteiger partial charge in [-0.25, -0.2) is 22.2 Å². The molecule has 0 spiro atoms. The van der Waals surface area contributed by atoms with Gasteiger partial charge in [0.2, 0.25) is 0 Å². The Kier molecular flexibility index (Phi) is 3.96. The number of halogens is 2. The Morgan fingerprint density at radius 2 is 1.95 bits per heavy atom. The molecule has 1 aromatic carbocycles. The van der Waals surface area contributed by atoms with E-state index in [1.54, 1.807) is 6.07 Å². The molecule has 0 saturated heterocycles. The minimum atomic E-state index is -4.24. The van der Waals surface area contributed by atoms with E-state index in [9.17, 15) is 17.2 Å². The number of pyridine rings is 1. The molecule has 0 fully saturated rings. The second-order valence-electron chi connectivity index (χ2n) is 3.94. The summed E-state index contributed by atoms with van der Waals surface area (Å²) in [5, 5.41) is 0. The number of aromatic nitrogens is 1. The Labute approximate surface area is 114 Å². The molecular weight excluding hydrogens is 288 g/mol. The molecule has 2 rings (SSSR count). The van der Waals surface area contributed by atoms with E-state index in [4.69, 9.17) is 5.73 Å². The number of anilines is 1. The van der Waals surface area contributed by atoms with E-state index >= 15 is 0 Å². The fourth-order valence-corrected chi connectivity index (χ4v) is 2.58. The van der Waals surface area contributed by atoms with Crippen molar-refractivity contribution in [3.63, 3.8) is 0 Å². The van der Waals surface area contributed by atoms with Crippen LogP contribution in [-0.4, -0.2) is 13.4 Å². The standard InChI is InChI=1S/C12H11F2N3O2S/c13-9-2-3-10(14)11(5-9)20(18,19)17-12-4-1-8(6-15)7-16-12/h1-5,7H,6,15H2,(H,16,17). The third kappa shape index (κ3) is 3.09. The average molecular weight is 299 g/mol. The first-order valence-corrected chi connectivity index (χ1v) is 7.03. The predicted molar refractivity (Wildman–Crippen MR) is 69.3 cm³/mol. The van der Waals surface area contributed by atoms with Gasteiger partial charge in [-0.05, 0) is 29.8 Å². The molecule has 0 aliphatic heterocycles. The van der Waals surface area contributed by atoms with Crippen LogP contribution in [0.15, 0.2) is 41.4 Å². The molecule has 0 bridgehead atoms. The van der Waals surface area contributed by atoms with Crippen LogP contribution in [0, 0.1) is 11.6 Å². The van der Waals surface area contributed by atoms with E-state index in [0.29, 0.717) is 11.6 Å². The van der Waals surface area contributed by atoms with Crippen LogP contribution in [0.4, 0.5) is 14.6 Å². The summed E-state index contributed by atoms with van der Waals surface area (Å²) >= 11 is 0.